The van der Waals surface area contributed by atoms with Gasteiger partial charge in [-0.2, -0.15) is 0 Å². The van der Waals surface area contributed by atoms with Crippen LogP contribution in [-0.2, 0) is 9.59 Å². The Kier molecular flexibility index (Phi) is 7.94. The van der Waals surface area contributed by atoms with Crippen LogP contribution >= 0.6 is 0 Å². The van der Waals surface area contributed by atoms with E-state index in [0.717, 1.165) is 38.5 Å². The zero-order valence-electron chi connectivity index (χ0n) is 12.2. The fourth-order valence-corrected chi connectivity index (χ4v) is 2.08. The Morgan fingerprint density at radius 3 is 2.19 bits per heavy atom. The molecule has 0 atom stereocenters. The first-order chi connectivity index (χ1) is 10.1. The van der Waals surface area contributed by atoms with Crippen LogP contribution in [0.5, 0.6) is 5.75 Å². The molecule has 0 aliphatic carbocycles. The van der Waals surface area contributed by atoms with Crippen LogP contribution in [0.25, 0.3) is 0 Å². The molecule has 0 aromatic heterocycles. The van der Waals surface area contributed by atoms with Crippen LogP contribution in [0.15, 0.2) is 24.3 Å². The number of aliphatic carboxylic acids is 1. The molecule has 3 N–H and O–H groups in total. The van der Waals surface area contributed by atoms with Crippen molar-refractivity contribution in [3.05, 3.63) is 24.3 Å². The van der Waals surface area contributed by atoms with Gasteiger partial charge in [-0.25, -0.2) is 0 Å². The molecule has 0 spiro atoms. The van der Waals surface area contributed by atoms with E-state index in [0.29, 0.717) is 12.1 Å². The summed E-state index contributed by atoms with van der Waals surface area (Å²) in [7, 11) is 0. The van der Waals surface area contributed by atoms with Gasteiger partial charge in [-0.3, -0.25) is 9.59 Å². The number of anilines is 1. The average Bonchev–Trinajstić information content (AvgIpc) is 2.41. The van der Waals surface area contributed by atoms with Gasteiger partial charge >= 0.3 is 5.97 Å². The summed E-state index contributed by atoms with van der Waals surface area (Å²) in [5.41, 5.74) is 0.605. The monoisotopic (exact) mass is 293 g/mol. The lowest BCUT2D eigenvalue weighted by Gasteiger charge is -2.05. The van der Waals surface area contributed by atoms with Gasteiger partial charge in [-0.15, -0.1) is 0 Å². The summed E-state index contributed by atoms with van der Waals surface area (Å²) >= 11 is 0. The third kappa shape index (κ3) is 8.68. The molecule has 0 radical (unpaired) electrons. The smallest absolute Gasteiger partial charge is 0.303 e. The largest absolute Gasteiger partial charge is 0.508 e. The number of hydrogen-bond acceptors (Lipinski definition) is 3. The number of phenolic OH excluding ortho intramolecular Hbond substituents is 1. The molecule has 0 aliphatic rings. The van der Waals surface area contributed by atoms with Crippen LogP contribution in [0, 0.1) is 0 Å². The maximum absolute atomic E-state index is 11.7. The highest BCUT2D eigenvalue weighted by Crippen LogP contribution is 2.16. The standard InChI is InChI=1S/C16H23NO4/c18-14-9-7-8-13(12-14)17-15(19)10-5-3-1-2-4-6-11-16(20)21/h7-9,12,18H,1-6,10-11H2,(H,17,19)(H,20,21). The number of aromatic hydroxyl groups is 1. The van der Waals surface area contributed by atoms with E-state index in [1.165, 1.54) is 6.07 Å². The highest BCUT2D eigenvalue weighted by Gasteiger charge is 2.03. The second-order valence-electron chi connectivity index (χ2n) is 5.11. The van der Waals surface area contributed by atoms with Gasteiger partial charge in [0.2, 0.25) is 5.91 Å². The second-order valence-corrected chi connectivity index (χ2v) is 5.11. The SMILES string of the molecule is O=C(O)CCCCCCCCC(=O)Nc1cccc(O)c1. The number of carboxylic acids is 1. The fraction of sp³-hybridized carbons (Fsp3) is 0.500. The van der Waals surface area contributed by atoms with Crippen LogP contribution in [-0.4, -0.2) is 22.1 Å². The molecule has 0 saturated heterocycles. The van der Waals surface area contributed by atoms with Crippen LogP contribution in [0.1, 0.15) is 51.4 Å². The van der Waals surface area contributed by atoms with Gasteiger partial charge in [0.25, 0.3) is 0 Å². The lowest BCUT2D eigenvalue weighted by molar-refractivity contribution is -0.137. The van der Waals surface area contributed by atoms with E-state index in [9.17, 15) is 14.7 Å². The normalized spacial score (nSPS) is 10.3. The number of rotatable bonds is 10. The molecule has 1 aromatic carbocycles. The third-order valence-electron chi connectivity index (χ3n) is 3.17. The predicted molar refractivity (Wildman–Crippen MR) is 81.3 cm³/mol. The number of benzene rings is 1. The Hall–Kier alpha value is -2.04. The van der Waals surface area contributed by atoms with Gasteiger partial charge in [0, 0.05) is 24.6 Å². The Bertz CT molecular complexity index is 459. The summed E-state index contributed by atoms with van der Waals surface area (Å²) in [6.45, 7) is 0. The summed E-state index contributed by atoms with van der Waals surface area (Å²) in [4.78, 5) is 22.0. The summed E-state index contributed by atoms with van der Waals surface area (Å²) in [6.07, 6.45) is 6.21. The Labute approximate surface area is 125 Å². The first kappa shape index (κ1) is 17.0. The van der Waals surface area contributed by atoms with E-state index in [1.54, 1.807) is 18.2 Å². The minimum absolute atomic E-state index is 0.0496. The number of hydrogen-bond donors (Lipinski definition) is 3. The Morgan fingerprint density at radius 1 is 0.952 bits per heavy atom. The number of carbonyl (C=O) groups excluding carboxylic acids is 1. The van der Waals surface area contributed by atoms with E-state index in [-0.39, 0.29) is 18.1 Å². The summed E-state index contributed by atoms with van der Waals surface area (Å²) in [6, 6.07) is 6.49. The summed E-state index contributed by atoms with van der Waals surface area (Å²) < 4.78 is 0. The van der Waals surface area contributed by atoms with Gasteiger partial charge < -0.3 is 15.5 Å². The van der Waals surface area contributed by atoms with Crippen LogP contribution in [0.2, 0.25) is 0 Å². The van der Waals surface area contributed by atoms with Gasteiger partial charge in [0.15, 0.2) is 0 Å². The van der Waals surface area contributed by atoms with E-state index in [4.69, 9.17) is 5.11 Å². The third-order valence-corrected chi connectivity index (χ3v) is 3.17. The van der Waals surface area contributed by atoms with Crippen molar-refractivity contribution >= 4 is 17.6 Å². The van der Waals surface area contributed by atoms with E-state index >= 15 is 0 Å². The average molecular weight is 293 g/mol. The topological polar surface area (TPSA) is 86.6 Å². The molecule has 1 amide bonds. The summed E-state index contributed by atoms with van der Waals surface area (Å²) in [5, 5.41) is 20.5. The number of phenols is 1. The highest BCUT2D eigenvalue weighted by molar-refractivity contribution is 5.90. The summed E-state index contributed by atoms with van der Waals surface area (Å²) in [5.74, 6) is -0.653. The molecule has 1 rings (SSSR count). The maximum atomic E-state index is 11.7. The Morgan fingerprint density at radius 2 is 1.57 bits per heavy atom. The zero-order valence-corrected chi connectivity index (χ0v) is 12.2. The molecule has 0 unspecified atom stereocenters. The van der Waals surface area contributed by atoms with Crippen molar-refractivity contribution in [2.24, 2.45) is 0 Å². The number of carboxylic acid groups (broad SMARTS) is 1. The minimum Gasteiger partial charge on any atom is -0.508 e. The van der Waals surface area contributed by atoms with Crippen LogP contribution in [0.4, 0.5) is 5.69 Å². The van der Waals surface area contributed by atoms with E-state index < -0.39 is 5.97 Å². The van der Waals surface area contributed by atoms with Gasteiger partial charge in [0.05, 0.1) is 0 Å². The fourth-order valence-electron chi connectivity index (χ4n) is 2.08. The molecular formula is C16H23NO4. The minimum atomic E-state index is -0.737. The molecular weight excluding hydrogens is 270 g/mol. The lowest BCUT2D eigenvalue weighted by Crippen LogP contribution is -2.10. The first-order valence-corrected chi connectivity index (χ1v) is 7.38. The first-order valence-electron chi connectivity index (χ1n) is 7.38. The van der Waals surface area contributed by atoms with Crippen LogP contribution < -0.4 is 5.32 Å². The quantitative estimate of drug-likeness (QED) is 0.576. The predicted octanol–water partition coefficient (Wildman–Crippen LogP) is 3.54. The van der Waals surface area contributed by atoms with E-state index in [2.05, 4.69) is 5.32 Å². The van der Waals surface area contributed by atoms with Crippen molar-refractivity contribution in [2.75, 3.05) is 5.32 Å². The van der Waals surface area contributed by atoms with Crippen molar-refractivity contribution < 1.29 is 19.8 Å². The van der Waals surface area contributed by atoms with Gasteiger partial charge in [-0.05, 0) is 25.0 Å². The lowest BCUT2D eigenvalue weighted by atomic mass is 10.1. The van der Waals surface area contributed by atoms with Crippen molar-refractivity contribution in [1.29, 1.82) is 0 Å². The van der Waals surface area contributed by atoms with E-state index in [1.807, 2.05) is 0 Å². The molecule has 5 nitrogen and oxygen atoms in total. The van der Waals surface area contributed by atoms with Crippen LogP contribution in [0.3, 0.4) is 0 Å². The molecule has 0 fully saturated rings. The number of amides is 1. The van der Waals surface area contributed by atoms with Gasteiger partial charge in [0.1, 0.15) is 5.75 Å². The number of unbranched alkanes of at least 4 members (excludes halogenated alkanes) is 5. The molecule has 21 heavy (non-hydrogen) atoms. The number of carbonyl (C=O) groups is 2. The van der Waals surface area contributed by atoms with Gasteiger partial charge in [-0.1, -0.05) is 31.7 Å². The maximum Gasteiger partial charge on any atom is 0.303 e. The molecule has 0 aliphatic heterocycles. The molecule has 116 valence electrons. The molecule has 0 heterocycles. The Balaban J connectivity index is 2.02. The molecule has 5 heteroatoms. The highest BCUT2D eigenvalue weighted by atomic mass is 16.4. The van der Waals surface area contributed by atoms with Crippen molar-refractivity contribution in [2.45, 2.75) is 51.4 Å². The van der Waals surface area contributed by atoms with Crippen molar-refractivity contribution in [3.63, 3.8) is 0 Å². The molecule has 0 bridgehead atoms. The molecule has 0 saturated carbocycles. The van der Waals surface area contributed by atoms with Crippen molar-refractivity contribution in [1.82, 2.24) is 0 Å². The molecule has 1 aromatic rings. The zero-order chi connectivity index (χ0) is 15.5. The second kappa shape index (κ2) is 9.80. The van der Waals surface area contributed by atoms with Crippen molar-refractivity contribution in [3.8, 4) is 5.75 Å². The number of nitrogens with one attached hydrogen (secondary N) is 1.